The highest BCUT2D eigenvalue weighted by Gasteiger charge is 2.47. The molecule has 2 aromatic rings. The maximum absolute atomic E-state index is 13.0. The van der Waals surface area contributed by atoms with Crippen LogP contribution in [0.25, 0.3) is 11.3 Å². The van der Waals surface area contributed by atoms with Gasteiger partial charge in [0, 0.05) is 32.7 Å². The SMILES string of the molecule is CN(C)C1=NC2(CCN(C(=O)c3[nH]cnc3-c3ccccc3)CC2)C(=O)N1. The summed E-state index contributed by atoms with van der Waals surface area (Å²) in [5, 5.41) is 2.83. The molecule has 1 fully saturated rings. The van der Waals surface area contributed by atoms with Crippen LogP contribution in [0.3, 0.4) is 0 Å². The van der Waals surface area contributed by atoms with E-state index in [2.05, 4.69) is 20.3 Å². The highest BCUT2D eigenvalue weighted by Crippen LogP contribution is 2.31. The van der Waals surface area contributed by atoms with Gasteiger partial charge in [-0.15, -0.1) is 0 Å². The minimum absolute atomic E-state index is 0.0789. The number of carbonyl (C=O) groups excluding carboxylic acids is 2. The van der Waals surface area contributed by atoms with Gasteiger partial charge in [0.15, 0.2) is 0 Å². The molecular formula is C19H22N6O2. The largest absolute Gasteiger partial charge is 0.349 e. The van der Waals surface area contributed by atoms with Crippen molar-refractivity contribution < 1.29 is 9.59 Å². The Labute approximate surface area is 157 Å². The molecule has 1 aromatic carbocycles. The fourth-order valence-corrected chi connectivity index (χ4v) is 3.56. The molecule has 8 heteroatoms. The zero-order chi connectivity index (χ0) is 19.0. The van der Waals surface area contributed by atoms with Crippen LogP contribution in [-0.2, 0) is 4.79 Å². The maximum atomic E-state index is 13.0. The fourth-order valence-electron chi connectivity index (χ4n) is 3.56. The molecule has 8 nitrogen and oxygen atoms in total. The zero-order valence-electron chi connectivity index (χ0n) is 15.4. The number of hydrogen-bond donors (Lipinski definition) is 2. The number of amides is 2. The Balaban J connectivity index is 1.51. The molecule has 0 aliphatic carbocycles. The molecule has 2 amide bonds. The third-order valence-corrected chi connectivity index (χ3v) is 5.17. The van der Waals surface area contributed by atoms with Crippen LogP contribution in [-0.4, -0.2) is 70.3 Å². The molecule has 2 aliphatic rings. The van der Waals surface area contributed by atoms with Crippen molar-refractivity contribution in [3.8, 4) is 11.3 Å². The van der Waals surface area contributed by atoms with Crippen molar-refractivity contribution in [2.24, 2.45) is 4.99 Å². The number of H-pyrrole nitrogens is 1. The summed E-state index contributed by atoms with van der Waals surface area (Å²) in [5.74, 6) is 0.404. The number of nitrogens with zero attached hydrogens (tertiary/aromatic N) is 4. The molecule has 1 saturated heterocycles. The first-order valence-electron chi connectivity index (χ1n) is 8.97. The van der Waals surface area contributed by atoms with E-state index in [9.17, 15) is 9.59 Å². The van der Waals surface area contributed by atoms with Crippen molar-refractivity contribution in [2.45, 2.75) is 18.4 Å². The Hall–Kier alpha value is -3.16. The Morgan fingerprint density at radius 3 is 2.52 bits per heavy atom. The predicted molar refractivity (Wildman–Crippen MR) is 101 cm³/mol. The molecular weight excluding hydrogens is 344 g/mol. The lowest BCUT2D eigenvalue weighted by Crippen LogP contribution is -2.50. The van der Waals surface area contributed by atoms with Crippen LogP contribution in [0.5, 0.6) is 0 Å². The van der Waals surface area contributed by atoms with Crippen LogP contribution in [0.4, 0.5) is 0 Å². The van der Waals surface area contributed by atoms with Crippen LogP contribution in [0.1, 0.15) is 23.3 Å². The Morgan fingerprint density at radius 2 is 1.89 bits per heavy atom. The topological polar surface area (TPSA) is 93.7 Å². The molecule has 27 heavy (non-hydrogen) atoms. The summed E-state index contributed by atoms with van der Waals surface area (Å²) in [6.45, 7) is 0.952. The molecule has 0 bridgehead atoms. The summed E-state index contributed by atoms with van der Waals surface area (Å²) >= 11 is 0. The quantitative estimate of drug-likeness (QED) is 0.832. The van der Waals surface area contributed by atoms with E-state index >= 15 is 0 Å². The monoisotopic (exact) mass is 366 g/mol. The van der Waals surface area contributed by atoms with E-state index in [1.54, 1.807) is 16.1 Å². The van der Waals surface area contributed by atoms with E-state index in [4.69, 9.17) is 0 Å². The van der Waals surface area contributed by atoms with Gasteiger partial charge in [-0.2, -0.15) is 0 Å². The lowest BCUT2D eigenvalue weighted by molar-refractivity contribution is -0.125. The first-order valence-corrected chi connectivity index (χ1v) is 8.97. The van der Waals surface area contributed by atoms with Crippen molar-refractivity contribution >= 4 is 17.8 Å². The highest BCUT2D eigenvalue weighted by molar-refractivity contribution is 6.07. The summed E-state index contributed by atoms with van der Waals surface area (Å²) in [6, 6.07) is 9.62. The molecule has 1 spiro atoms. The Kier molecular flexibility index (Phi) is 4.18. The van der Waals surface area contributed by atoms with Crippen molar-refractivity contribution in [3.05, 3.63) is 42.4 Å². The number of aliphatic imine (C=N–C) groups is 1. The highest BCUT2D eigenvalue weighted by atomic mass is 16.2. The first kappa shape index (κ1) is 17.3. The number of piperidine rings is 1. The second-order valence-electron chi connectivity index (χ2n) is 7.10. The van der Waals surface area contributed by atoms with E-state index in [1.807, 2.05) is 44.4 Å². The van der Waals surface area contributed by atoms with E-state index in [1.165, 1.54) is 0 Å². The van der Waals surface area contributed by atoms with Crippen LogP contribution in [0.15, 0.2) is 41.7 Å². The molecule has 0 unspecified atom stereocenters. The smallest absolute Gasteiger partial charge is 0.272 e. The second kappa shape index (κ2) is 6.53. The first-order chi connectivity index (χ1) is 13.0. The minimum atomic E-state index is -0.757. The molecule has 2 aliphatic heterocycles. The number of aromatic nitrogens is 2. The van der Waals surface area contributed by atoms with Crippen molar-refractivity contribution in [1.29, 1.82) is 0 Å². The number of hydrogen-bond acceptors (Lipinski definition) is 5. The number of guanidine groups is 1. The van der Waals surface area contributed by atoms with Crippen molar-refractivity contribution in [2.75, 3.05) is 27.2 Å². The van der Waals surface area contributed by atoms with Gasteiger partial charge in [0.1, 0.15) is 16.9 Å². The number of imidazole rings is 1. The summed E-state index contributed by atoms with van der Waals surface area (Å²) in [4.78, 5) is 40.9. The van der Waals surface area contributed by atoms with Gasteiger partial charge in [-0.3, -0.25) is 14.9 Å². The predicted octanol–water partition coefficient (Wildman–Crippen LogP) is 1.10. The van der Waals surface area contributed by atoms with Crippen molar-refractivity contribution in [1.82, 2.24) is 25.1 Å². The summed E-state index contributed by atoms with van der Waals surface area (Å²) in [6.07, 6.45) is 2.56. The molecule has 4 rings (SSSR count). The van der Waals surface area contributed by atoms with Crippen LogP contribution >= 0.6 is 0 Å². The molecule has 0 saturated carbocycles. The number of nitrogens with one attached hydrogen (secondary N) is 2. The Morgan fingerprint density at radius 1 is 1.19 bits per heavy atom. The van der Waals surface area contributed by atoms with Crippen LogP contribution < -0.4 is 5.32 Å². The second-order valence-corrected chi connectivity index (χ2v) is 7.10. The Bertz CT molecular complexity index is 894. The van der Waals surface area contributed by atoms with Gasteiger partial charge in [-0.1, -0.05) is 30.3 Å². The van der Waals surface area contributed by atoms with E-state index in [-0.39, 0.29) is 11.8 Å². The molecule has 140 valence electrons. The molecule has 0 atom stereocenters. The van der Waals surface area contributed by atoms with Gasteiger partial charge in [0.2, 0.25) is 5.96 Å². The average Bonchev–Trinajstić information content (AvgIpc) is 3.29. The third-order valence-electron chi connectivity index (χ3n) is 5.17. The van der Waals surface area contributed by atoms with E-state index < -0.39 is 5.54 Å². The number of likely N-dealkylation sites (tertiary alicyclic amines) is 1. The average molecular weight is 366 g/mol. The lowest BCUT2D eigenvalue weighted by atomic mass is 9.88. The van der Waals surface area contributed by atoms with Crippen LogP contribution in [0, 0.1) is 0 Å². The van der Waals surface area contributed by atoms with Gasteiger partial charge in [-0.25, -0.2) is 9.98 Å². The molecule has 0 radical (unpaired) electrons. The number of carbonyl (C=O) groups is 2. The summed E-state index contributed by atoms with van der Waals surface area (Å²) < 4.78 is 0. The minimum Gasteiger partial charge on any atom is -0.349 e. The van der Waals surface area contributed by atoms with Gasteiger partial charge >= 0.3 is 0 Å². The van der Waals surface area contributed by atoms with Gasteiger partial charge in [0.05, 0.1) is 6.33 Å². The van der Waals surface area contributed by atoms with E-state index in [0.717, 1.165) is 5.56 Å². The zero-order valence-corrected chi connectivity index (χ0v) is 15.4. The fraction of sp³-hybridized carbons (Fsp3) is 0.368. The van der Waals surface area contributed by atoms with E-state index in [0.29, 0.717) is 43.3 Å². The van der Waals surface area contributed by atoms with Crippen molar-refractivity contribution in [3.63, 3.8) is 0 Å². The standard InChI is InChI=1S/C19H22N6O2/c1-24(2)18-22-17(27)19(23-18)8-10-25(11-9-19)16(26)15-14(20-12-21-15)13-6-4-3-5-7-13/h3-7,12H,8-11H2,1-2H3,(H,20,21)(H,22,23,27). The number of aromatic amines is 1. The van der Waals surface area contributed by atoms with Crippen LogP contribution in [0.2, 0.25) is 0 Å². The van der Waals surface area contributed by atoms with Gasteiger partial charge < -0.3 is 14.8 Å². The molecule has 2 N–H and O–H groups in total. The van der Waals surface area contributed by atoms with Gasteiger partial charge in [0.25, 0.3) is 11.8 Å². The normalized spacial score (nSPS) is 18.4. The lowest BCUT2D eigenvalue weighted by Gasteiger charge is -2.35. The maximum Gasteiger partial charge on any atom is 0.272 e. The molecule has 1 aromatic heterocycles. The summed E-state index contributed by atoms with van der Waals surface area (Å²) in [5.41, 5.74) is 1.26. The molecule has 3 heterocycles. The summed E-state index contributed by atoms with van der Waals surface area (Å²) in [7, 11) is 3.69. The van der Waals surface area contributed by atoms with Gasteiger partial charge in [-0.05, 0) is 12.8 Å². The number of benzene rings is 1. The number of rotatable bonds is 2. The third kappa shape index (κ3) is 2.97.